The Labute approximate surface area is 155 Å². The Morgan fingerprint density at radius 2 is 2.00 bits per heavy atom. The predicted octanol–water partition coefficient (Wildman–Crippen LogP) is 0.339. The van der Waals surface area contributed by atoms with Crippen LogP contribution in [0.4, 0.5) is 5.69 Å². The molecule has 3 rings (SSSR count). The molecule has 1 amide bonds. The molecule has 1 aliphatic heterocycles. The zero-order valence-corrected chi connectivity index (χ0v) is 15.3. The van der Waals surface area contributed by atoms with E-state index in [1.807, 2.05) is 7.05 Å². The van der Waals surface area contributed by atoms with Gasteiger partial charge in [0.15, 0.2) is 0 Å². The van der Waals surface area contributed by atoms with E-state index >= 15 is 0 Å². The first-order chi connectivity index (χ1) is 12.9. The Morgan fingerprint density at radius 1 is 1.30 bits per heavy atom. The number of amides is 1. The maximum atomic E-state index is 13.0. The number of hydrogen-bond acceptors (Lipinski definition) is 7. The van der Waals surface area contributed by atoms with Gasteiger partial charge in [0.2, 0.25) is 5.82 Å². The van der Waals surface area contributed by atoms with Gasteiger partial charge >= 0.3 is 0 Å². The van der Waals surface area contributed by atoms with Crippen LogP contribution in [0.15, 0.2) is 23.0 Å². The van der Waals surface area contributed by atoms with Crippen molar-refractivity contribution in [1.82, 2.24) is 19.4 Å². The highest BCUT2D eigenvalue weighted by molar-refractivity contribution is 5.93. The number of aromatic nitrogens is 2. The highest BCUT2D eigenvalue weighted by Gasteiger charge is 2.26. The van der Waals surface area contributed by atoms with Crippen molar-refractivity contribution in [3.05, 3.63) is 44.5 Å². The summed E-state index contributed by atoms with van der Waals surface area (Å²) in [7, 11) is 3.48. The quantitative estimate of drug-likeness (QED) is 0.547. The monoisotopic (exact) mass is 375 g/mol. The summed E-state index contributed by atoms with van der Waals surface area (Å²) in [5, 5.41) is 11.1. The van der Waals surface area contributed by atoms with E-state index in [-0.39, 0.29) is 41.5 Å². The fourth-order valence-corrected chi connectivity index (χ4v) is 3.03. The summed E-state index contributed by atoms with van der Waals surface area (Å²) in [6.45, 7) is 2.93. The van der Waals surface area contributed by atoms with Crippen LogP contribution in [0.3, 0.4) is 0 Å². The number of nitro groups is 1. The third-order valence-corrected chi connectivity index (χ3v) is 4.65. The molecule has 0 N–H and O–H groups in total. The van der Waals surface area contributed by atoms with Gasteiger partial charge in [0.25, 0.3) is 17.2 Å². The maximum absolute atomic E-state index is 13.0. The van der Waals surface area contributed by atoms with E-state index in [2.05, 4.69) is 9.88 Å². The van der Waals surface area contributed by atoms with Crippen molar-refractivity contribution >= 4 is 22.5 Å². The average Bonchev–Trinajstić information content (AvgIpc) is 2.66. The minimum absolute atomic E-state index is 0.0305. The van der Waals surface area contributed by atoms with Crippen LogP contribution in [0.5, 0.6) is 0 Å². The number of carbonyl (C=O) groups is 1. The first-order valence-corrected chi connectivity index (χ1v) is 8.58. The highest BCUT2D eigenvalue weighted by atomic mass is 16.6. The number of benzene rings is 1. The third kappa shape index (κ3) is 3.81. The first-order valence-electron chi connectivity index (χ1n) is 8.58. The van der Waals surface area contributed by atoms with Gasteiger partial charge in [-0.2, -0.15) is 0 Å². The number of nitrogens with zero attached hydrogens (tertiary/aromatic N) is 5. The number of rotatable bonds is 5. The third-order valence-electron chi connectivity index (χ3n) is 4.65. The van der Waals surface area contributed by atoms with Crippen molar-refractivity contribution in [3.63, 3.8) is 0 Å². The molecule has 10 nitrogen and oxygen atoms in total. The van der Waals surface area contributed by atoms with Crippen molar-refractivity contribution in [1.29, 1.82) is 0 Å². The number of hydrogen-bond donors (Lipinski definition) is 0. The zero-order valence-electron chi connectivity index (χ0n) is 15.3. The second-order valence-electron chi connectivity index (χ2n) is 6.44. The minimum Gasteiger partial charge on any atom is -0.383 e. The van der Waals surface area contributed by atoms with Crippen LogP contribution >= 0.6 is 0 Å². The summed E-state index contributed by atoms with van der Waals surface area (Å²) in [5.41, 5.74) is -0.423. The van der Waals surface area contributed by atoms with Crippen molar-refractivity contribution in [2.75, 3.05) is 46.9 Å². The fourth-order valence-electron chi connectivity index (χ4n) is 3.03. The molecule has 0 unspecified atom stereocenters. The normalized spacial score (nSPS) is 15.3. The lowest BCUT2D eigenvalue weighted by atomic mass is 10.2. The van der Waals surface area contributed by atoms with Gasteiger partial charge in [0, 0.05) is 45.4 Å². The number of ether oxygens (including phenoxy) is 1. The minimum atomic E-state index is -0.568. The van der Waals surface area contributed by atoms with Gasteiger partial charge in [0.05, 0.1) is 29.0 Å². The predicted molar refractivity (Wildman–Crippen MR) is 97.9 cm³/mol. The van der Waals surface area contributed by atoms with Crippen LogP contribution in [0.25, 0.3) is 10.9 Å². The molecule has 2 aromatic rings. The molecular weight excluding hydrogens is 354 g/mol. The number of nitro benzene ring substituents is 1. The summed E-state index contributed by atoms with van der Waals surface area (Å²) in [5.74, 6) is -0.292. The van der Waals surface area contributed by atoms with Crippen LogP contribution in [0, 0.1) is 10.1 Å². The van der Waals surface area contributed by atoms with E-state index in [4.69, 9.17) is 4.74 Å². The summed E-state index contributed by atoms with van der Waals surface area (Å²) < 4.78 is 6.29. The van der Waals surface area contributed by atoms with Crippen LogP contribution in [0.2, 0.25) is 0 Å². The van der Waals surface area contributed by atoms with E-state index in [0.717, 1.165) is 13.1 Å². The second-order valence-corrected chi connectivity index (χ2v) is 6.44. The Balaban J connectivity index is 2.09. The molecule has 1 aliphatic rings. The molecule has 2 heterocycles. The molecule has 1 aromatic heterocycles. The van der Waals surface area contributed by atoms with E-state index in [9.17, 15) is 19.7 Å². The lowest BCUT2D eigenvalue weighted by molar-refractivity contribution is -0.384. The fraction of sp³-hybridized carbons (Fsp3) is 0.471. The van der Waals surface area contributed by atoms with Crippen LogP contribution < -0.4 is 5.56 Å². The van der Waals surface area contributed by atoms with Crippen molar-refractivity contribution in [2.45, 2.75) is 6.54 Å². The van der Waals surface area contributed by atoms with Crippen molar-refractivity contribution in [2.24, 2.45) is 0 Å². The molecule has 27 heavy (non-hydrogen) atoms. The first kappa shape index (κ1) is 18.9. The number of fused-ring (bicyclic) bond motifs is 1. The van der Waals surface area contributed by atoms with Gasteiger partial charge < -0.3 is 14.5 Å². The topological polar surface area (TPSA) is 111 Å². The Morgan fingerprint density at radius 3 is 2.63 bits per heavy atom. The molecule has 0 bridgehead atoms. The molecule has 1 fully saturated rings. The van der Waals surface area contributed by atoms with Gasteiger partial charge in [0.1, 0.15) is 0 Å². The molecule has 0 saturated carbocycles. The van der Waals surface area contributed by atoms with Gasteiger partial charge in [-0.1, -0.05) is 0 Å². The number of piperazine rings is 1. The lowest BCUT2D eigenvalue weighted by Crippen LogP contribution is -2.48. The summed E-state index contributed by atoms with van der Waals surface area (Å²) in [6, 6.07) is 3.87. The molecule has 10 heteroatoms. The van der Waals surface area contributed by atoms with E-state index in [1.54, 1.807) is 4.90 Å². The number of non-ortho nitro benzene ring substituents is 1. The summed E-state index contributed by atoms with van der Waals surface area (Å²) in [4.78, 5) is 44.5. The SMILES string of the molecule is COCCn1c(C(=O)N2CCN(C)CC2)nc2ccc([N+](=O)[O-])cc2c1=O. The Kier molecular flexibility index (Phi) is 5.47. The Hall–Kier alpha value is -2.85. The molecule has 0 aliphatic carbocycles. The molecule has 0 spiro atoms. The van der Waals surface area contributed by atoms with Gasteiger partial charge in [-0.05, 0) is 13.1 Å². The lowest BCUT2D eigenvalue weighted by Gasteiger charge is -2.32. The maximum Gasteiger partial charge on any atom is 0.290 e. The van der Waals surface area contributed by atoms with Gasteiger partial charge in [-0.15, -0.1) is 0 Å². The van der Waals surface area contributed by atoms with Crippen molar-refractivity contribution < 1.29 is 14.5 Å². The zero-order chi connectivity index (χ0) is 19.6. The molecule has 1 aromatic carbocycles. The molecule has 144 valence electrons. The second kappa shape index (κ2) is 7.80. The van der Waals surface area contributed by atoms with Crippen LogP contribution in [0.1, 0.15) is 10.6 Å². The smallest absolute Gasteiger partial charge is 0.290 e. The van der Waals surface area contributed by atoms with Crippen LogP contribution in [-0.2, 0) is 11.3 Å². The van der Waals surface area contributed by atoms with Crippen LogP contribution in [-0.4, -0.2) is 77.1 Å². The molecular formula is C17H21N5O5. The van der Waals surface area contributed by atoms with Crippen molar-refractivity contribution in [3.8, 4) is 0 Å². The van der Waals surface area contributed by atoms with Gasteiger partial charge in [-0.3, -0.25) is 24.3 Å². The number of methoxy groups -OCH3 is 1. The average molecular weight is 375 g/mol. The molecule has 0 atom stereocenters. The van der Waals surface area contributed by atoms with E-state index < -0.39 is 10.5 Å². The van der Waals surface area contributed by atoms with Gasteiger partial charge in [-0.25, -0.2) is 4.98 Å². The van der Waals surface area contributed by atoms with E-state index in [1.165, 1.54) is 29.9 Å². The largest absolute Gasteiger partial charge is 0.383 e. The molecule has 1 saturated heterocycles. The number of carbonyl (C=O) groups excluding carboxylic acids is 1. The molecule has 0 radical (unpaired) electrons. The summed E-state index contributed by atoms with van der Waals surface area (Å²) >= 11 is 0. The Bertz CT molecular complexity index is 933. The highest BCUT2D eigenvalue weighted by Crippen LogP contribution is 2.18. The number of likely N-dealkylation sites (N-methyl/N-ethyl adjacent to an activating group) is 1. The van der Waals surface area contributed by atoms with E-state index in [0.29, 0.717) is 13.1 Å². The standard InChI is InChI=1S/C17H21N5O5/c1-19-5-7-20(8-6-19)17(24)15-18-14-4-3-12(22(25)26)11-13(14)16(23)21(15)9-10-27-2/h3-4,11H,5-10H2,1-2H3. The summed E-state index contributed by atoms with van der Waals surface area (Å²) in [6.07, 6.45) is 0.